The fourth-order valence-corrected chi connectivity index (χ4v) is 6.32. The Morgan fingerprint density at radius 1 is 1.18 bits per heavy atom. The molecule has 3 N–H and O–H groups in total. The van der Waals surface area contributed by atoms with Crippen LogP contribution in [0.25, 0.3) is 0 Å². The van der Waals surface area contributed by atoms with Crippen molar-refractivity contribution in [3.63, 3.8) is 0 Å². The number of imide groups is 1. The first-order chi connectivity index (χ1) is 18.9. The van der Waals surface area contributed by atoms with Gasteiger partial charge in [0.2, 0.25) is 11.8 Å². The molecule has 4 heterocycles. The molecule has 2 aromatic carbocycles. The van der Waals surface area contributed by atoms with Gasteiger partial charge in [-0.1, -0.05) is 29.8 Å². The molecule has 4 aliphatic rings. The van der Waals surface area contributed by atoms with Gasteiger partial charge in [-0.05, 0) is 62.3 Å². The van der Waals surface area contributed by atoms with E-state index in [1.807, 2.05) is 36.4 Å². The lowest BCUT2D eigenvalue weighted by atomic mass is 9.74. The van der Waals surface area contributed by atoms with E-state index in [1.165, 1.54) is 0 Å². The smallest absolute Gasteiger partial charge is 0.255 e. The van der Waals surface area contributed by atoms with Gasteiger partial charge in [0.25, 0.3) is 5.91 Å². The van der Waals surface area contributed by atoms with Crippen LogP contribution in [0.1, 0.15) is 47.2 Å². The Balaban J connectivity index is 1.13. The number of nitrogens with one attached hydrogen (secondary N) is 1. The number of nitrogens with two attached hydrogens (primary N) is 1. The third-order valence-corrected chi connectivity index (χ3v) is 8.71. The summed E-state index contributed by atoms with van der Waals surface area (Å²) in [6, 6.07) is 10.7. The molecule has 2 aromatic rings. The van der Waals surface area contributed by atoms with Crippen LogP contribution in [0.5, 0.6) is 5.75 Å². The monoisotopic (exact) mass is 547 g/mol. The second-order valence-electron chi connectivity index (χ2n) is 10.7. The molecular weight excluding hydrogens is 518 g/mol. The van der Waals surface area contributed by atoms with Crippen molar-refractivity contribution in [3.8, 4) is 5.75 Å². The number of ether oxygens (including phenoxy) is 1. The van der Waals surface area contributed by atoms with Crippen LogP contribution in [0.3, 0.4) is 0 Å². The first kappa shape index (κ1) is 25.6. The van der Waals surface area contributed by atoms with Crippen LogP contribution in [-0.4, -0.2) is 66.0 Å². The molecule has 0 aromatic heterocycles. The van der Waals surface area contributed by atoms with Gasteiger partial charge < -0.3 is 15.4 Å². The fraction of sp³-hybridized carbons (Fsp3) is 0.379. The molecule has 202 valence electrons. The van der Waals surface area contributed by atoms with Gasteiger partial charge in [0.15, 0.2) is 0 Å². The normalized spacial score (nSPS) is 22.8. The average Bonchev–Trinajstić information content (AvgIpc) is 3.46. The number of hydrogen-bond acceptors (Lipinski definition) is 7. The Kier molecular flexibility index (Phi) is 6.64. The number of halogens is 1. The highest BCUT2D eigenvalue weighted by molar-refractivity contribution is 6.33. The first-order valence-corrected chi connectivity index (χ1v) is 13.6. The molecule has 3 amide bonds. The summed E-state index contributed by atoms with van der Waals surface area (Å²) in [5.74, 6) is -0.0868. The van der Waals surface area contributed by atoms with Crippen LogP contribution in [0.2, 0.25) is 5.02 Å². The number of para-hydroxylation sites is 1. The molecular formula is C29H30ClN5O4. The molecule has 0 aliphatic carbocycles. The standard InChI is InChI=1S/C29H30ClN5O4/c30-22-3-1-2-4-23(22)32-14-18(13-31)15-34-11-9-29(10-12-34)17-39-26-20-16-35(24-7-8-25(36)33-27(24)37)28(38)19(20)5-6-21(26)29/h1-6,13-14,24H,7-12,15-17,31H2,(H,33,36,37). The summed E-state index contributed by atoms with van der Waals surface area (Å²) in [5, 5.41) is 2.96. The summed E-state index contributed by atoms with van der Waals surface area (Å²) in [5.41, 5.74) is 10.0. The summed E-state index contributed by atoms with van der Waals surface area (Å²) < 4.78 is 6.28. The number of aliphatic imine (C=N–C) groups is 1. The lowest BCUT2D eigenvalue weighted by Crippen LogP contribution is -2.52. The molecule has 10 heteroatoms. The number of likely N-dealkylation sites (tertiary alicyclic amines) is 1. The summed E-state index contributed by atoms with van der Waals surface area (Å²) in [7, 11) is 0. The second kappa shape index (κ2) is 10.1. The van der Waals surface area contributed by atoms with Crippen LogP contribution in [-0.2, 0) is 21.5 Å². The minimum absolute atomic E-state index is 0.107. The summed E-state index contributed by atoms with van der Waals surface area (Å²) in [4.78, 5) is 45.7. The van der Waals surface area contributed by atoms with Gasteiger partial charge in [-0.3, -0.25) is 29.6 Å². The van der Waals surface area contributed by atoms with Crippen LogP contribution in [0, 0.1) is 0 Å². The van der Waals surface area contributed by atoms with Crippen molar-refractivity contribution in [1.82, 2.24) is 15.1 Å². The molecule has 0 bridgehead atoms. The first-order valence-electron chi connectivity index (χ1n) is 13.2. The van der Waals surface area contributed by atoms with E-state index in [9.17, 15) is 14.4 Å². The van der Waals surface area contributed by atoms with Gasteiger partial charge in [-0.25, -0.2) is 0 Å². The van der Waals surface area contributed by atoms with E-state index in [0.29, 0.717) is 42.4 Å². The van der Waals surface area contributed by atoms with Crippen molar-refractivity contribution in [1.29, 1.82) is 0 Å². The zero-order chi connectivity index (χ0) is 27.1. The maximum absolute atomic E-state index is 13.2. The average molecular weight is 548 g/mol. The van der Waals surface area contributed by atoms with Crippen molar-refractivity contribution in [2.24, 2.45) is 10.7 Å². The highest BCUT2D eigenvalue weighted by Crippen LogP contribution is 2.49. The number of rotatable bonds is 5. The molecule has 1 spiro atoms. The quantitative estimate of drug-likeness (QED) is 0.439. The van der Waals surface area contributed by atoms with E-state index in [1.54, 1.807) is 17.3 Å². The number of hydrogen-bond donors (Lipinski definition) is 2. The van der Waals surface area contributed by atoms with E-state index in [4.69, 9.17) is 22.1 Å². The van der Waals surface area contributed by atoms with Crippen molar-refractivity contribution in [2.45, 2.75) is 43.7 Å². The summed E-state index contributed by atoms with van der Waals surface area (Å²) in [6.07, 6.45) is 5.78. The topological polar surface area (TPSA) is 117 Å². The highest BCUT2D eigenvalue weighted by Gasteiger charge is 2.47. The maximum Gasteiger partial charge on any atom is 0.255 e. The van der Waals surface area contributed by atoms with Gasteiger partial charge in [0, 0.05) is 41.3 Å². The Labute approximate surface area is 231 Å². The van der Waals surface area contributed by atoms with Gasteiger partial charge >= 0.3 is 0 Å². The predicted octanol–water partition coefficient (Wildman–Crippen LogP) is 3.07. The molecule has 0 radical (unpaired) electrons. The SMILES string of the molecule is NC=C(C=Nc1ccccc1Cl)CN1CCC2(CC1)COc1c2ccc2c1CN(C1CCC(=O)NC1=O)C2=O. The minimum Gasteiger partial charge on any atom is -0.492 e. The largest absolute Gasteiger partial charge is 0.492 e. The zero-order valence-corrected chi connectivity index (χ0v) is 22.2. The van der Waals surface area contributed by atoms with E-state index in [0.717, 1.165) is 48.4 Å². The Morgan fingerprint density at radius 3 is 2.72 bits per heavy atom. The van der Waals surface area contributed by atoms with Gasteiger partial charge in [-0.2, -0.15) is 0 Å². The maximum atomic E-state index is 13.2. The number of amides is 3. The second-order valence-corrected chi connectivity index (χ2v) is 11.1. The Hall–Kier alpha value is -3.69. The van der Waals surface area contributed by atoms with E-state index < -0.39 is 11.9 Å². The van der Waals surface area contributed by atoms with Crippen molar-refractivity contribution < 1.29 is 19.1 Å². The number of piperidine rings is 2. The van der Waals surface area contributed by atoms with Gasteiger partial charge in [0.1, 0.15) is 11.8 Å². The van der Waals surface area contributed by atoms with E-state index >= 15 is 0 Å². The molecule has 6 rings (SSSR count). The fourth-order valence-electron chi connectivity index (χ4n) is 6.14. The molecule has 4 aliphatic heterocycles. The number of carbonyl (C=O) groups is 3. The molecule has 39 heavy (non-hydrogen) atoms. The van der Waals surface area contributed by atoms with Crippen molar-refractivity contribution >= 4 is 41.2 Å². The van der Waals surface area contributed by atoms with E-state index in [-0.39, 0.29) is 23.7 Å². The molecule has 1 atom stereocenters. The van der Waals surface area contributed by atoms with Gasteiger partial charge in [0.05, 0.1) is 23.9 Å². The lowest BCUT2D eigenvalue weighted by molar-refractivity contribution is -0.136. The van der Waals surface area contributed by atoms with Crippen molar-refractivity contribution in [3.05, 3.63) is 69.9 Å². The minimum atomic E-state index is -0.636. The van der Waals surface area contributed by atoms with Crippen LogP contribution in [0.4, 0.5) is 5.69 Å². The molecule has 0 saturated carbocycles. The molecule has 9 nitrogen and oxygen atoms in total. The Morgan fingerprint density at radius 2 is 1.97 bits per heavy atom. The van der Waals surface area contributed by atoms with Crippen LogP contribution < -0.4 is 15.8 Å². The number of carbonyl (C=O) groups excluding carboxylic acids is 3. The summed E-state index contributed by atoms with van der Waals surface area (Å²) >= 11 is 6.22. The third kappa shape index (κ3) is 4.59. The number of fused-ring (bicyclic) bond motifs is 4. The zero-order valence-electron chi connectivity index (χ0n) is 21.5. The van der Waals surface area contributed by atoms with Crippen molar-refractivity contribution in [2.75, 3.05) is 26.2 Å². The molecule has 2 saturated heterocycles. The Bertz CT molecular complexity index is 1410. The third-order valence-electron chi connectivity index (χ3n) is 8.39. The number of nitrogens with zero attached hydrogens (tertiary/aromatic N) is 3. The predicted molar refractivity (Wildman–Crippen MR) is 147 cm³/mol. The highest BCUT2D eigenvalue weighted by atomic mass is 35.5. The summed E-state index contributed by atoms with van der Waals surface area (Å²) in [6.45, 7) is 3.33. The van der Waals surface area contributed by atoms with Crippen LogP contribution >= 0.6 is 11.6 Å². The lowest BCUT2D eigenvalue weighted by Gasteiger charge is -2.38. The van der Waals surface area contributed by atoms with E-state index in [2.05, 4.69) is 15.2 Å². The molecule has 1 unspecified atom stereocenters. The molecule has 2 fully saturated rings. The van der Waals surface area contributed by atoms with Gasteiger partial charge in [-0.15, -0.1) is 0 Å². The number of benzene rings is 2. The van der Waals surface area contributed by atoms with Crippen LogP contribution in [0.15, 0.2) is 53.2 Å².